The molecule has 0 bridgehead atoms. The maximum atomic E-state index is 5.51. The second kappa shape index (κ2) is 2.64. The molecule has 0 unspecified atom stereocenters. The van der Waals surface area contributed by atoms with Crippen LogP contribution in [0, 0.1) is 0 Å². The van der Waals surface area contributed by atoms with Crippen molar-refractivity contribution in [1.29, 1.82) is 0 Å². The lowest BCUT2D eigenvalue weighted by molar-refractivity contribution is -0.0681. The van der Waals surface area contributed by atoms with Crippen molar-refractivity contribution in [2.75, 3.05) is 26.3 Å². The Labute approximate surface area is 55.6 Å². The summed E-state index contributed by atoms with van der Waals surface area (Å²) in [6.07, 6.45) is 0. The van der Waals surface area contributed by atoms with Crippen molar-refractivity contribution < 1.29 is 4.74 Å². The first-order valence-electron chi connectivity index (χ1n) is 3.36. The second-order valence-electron chi connectivity index (χ2n) is 2.51. The number of hydrogen-bond acceptors (Lipinski definition) is 3. The molecule has 54 valence electrons. The molecule has 1 heterocycles. The molecule has 1 saturated heterocycles. The summed E-state index contributed by atoms with van der Waals surface area (Å²) in [5.41, 5.74) is 5.63. The van der Waals surface area contributed by atoms with Gasteiger partial charge in [-0.2, -0.15) is 0 Å². The summed E-state index contributed by atoms with van der Waals surface area (Å²) in [5, 5.41) is 3.30. The van der Waals surface area contributed by atoms with E-state index in [0.717, 1.165) is 19.8 Å². The highest BCUT2D eigenvalue weighted by Gasteiger charge is 2.35. The molecule has 1 fully saturated rings. The van der Waals surface area contributed by atoms with E-state index in [9.17, 15) is 0 Å². The highest BCUT2D eigenvalue weighted by atomic mass is 16.5. The van der Waals surface area contributed by atoms with Gasteiger partial charge in [0.1, 0.15) is 0 Å². The maximum Gasteiger partial charge on any atom is 0.0777 e. The zero-order valence-corrected chi connectivity index (χ0v) is 5.81. The third-order valence-corrected chi connectivity index (χ3v) is 1.70. The molecular formula is C6H14N2O. The zero-order valence-electron chi connectivity index (χ0n) is 5.81. The SMILES string of the molecule is CCNC1(CN)COC1. The lowest BCUT2D eigenvalue weighted by atomic mass is 9.98. The second-order valence-corrected chi connectivity index (χ2v) is 2.51. The maximum absolute atomic E-state index is 5.51. The smallest absolute Gasteiger partial charge is 0.0777 e. The van der Waals surface area contributed by atoms with Gasteiger partial charge in [0, 0.05) is 6.54 Å². The molecule has 0 aromatic carbocycles. The Balaban J connectivity index is 2.28. The number of likely N-dealkylation sites (N-methyl/N-ethyl adjacent to an activating group) is 1. The normalized spacial score (nSPS) is 23.3. The van der Waals surface area contributed by atoms with Gasteiger partial charge in [-0.15, -0.1) is 0 Å². The highest BCUT2D eigenvalue weighted by molar-refractivity contribution is 4.94. The molecule has 1 aliphatic rings. The van der Waals surface area contributed by atoms with E-state index < -0.39 is 0 Å². The van der Waals surface area contributed by atoms with E-state index in [1.54, 1.807) is 0 Å². The topological polar surface area (TPSA) is 47.3 Å². The molecule has 0 aliphatic carbocycles. The predicted octanol–water partition coefficient (Wildman–Crippen LogP) is -0.676. The fourth-order valence-corrected chi connectivity index (χ4v) is 1.02. The molecule has 0 spiro atoms. The summed E-state index contributed by atoms with van der Waals surface area (Å²) in [6.45, 7) is 5.28. The van der Waals surface area contributed by atoms with Crippen molar-refractivity contribution >= 4 is 0 Å². The molecule has 0 amide bonds. The first kappa shape index (κ1) is 6.99. The van der Waals surface area contributed by atoms with Gasteiger partial charge in [-0.3, -0.25) is 0 Å². The lowest BCUT2D eigenvalue weighted by Gasteiger charge is -2.41. The molecule has 0 atom stereocenters. The van der Waals surface area contributed by atoms with Crippen LogP contribution in [0.1, 0.15) is 6.92 Å². The molecule has 0 saturated carbocycles. The summed E-state index contributed by atoms with van der Waals surface area (Å²) in [6, 6.07) is 0. The van der Waals surface area contributed by atoms with Crippen LogP contribution >= 0.6 is 0 Å². The van der Waals surface area contributed by atoms with Gasteiger partial charge in [-0.25, -0.2) is 0 Å². The Kier molecular flexibility index (Phi) is 2.05. The number of nitrogens with two attached hydrogens (primary N) is 1. The van der Waals surface area contributed by atoms with E-state index >= 15 is 0 Å². The van der Waals surface area contributed by atoms with E-state index in [0.29, 0.717) is 6.54 Å². The largest absolute Gasteiger partial charge is 0.377 e. The monoisotopic (exact) mass is 130 g/mol. The molecular weight excluding hydrogens is 116 g/mol. The Morgan fingerprint density at radius 1 is 1.67 bits per heavy atom. The fourth-order valence-electron chi connectivity index (χ4n) is 1.02. The van der Waals surface area contributed by atoms with Crippen LogP contribution in [0.3, 0.4) is 0 Å². The zero-order chi connectivity index (χ0) is 6.74. The summed E-state index contributed by atoms with van der Waals surface area (Å²) in [7, 11) is 0. The van der Waals surface area contributed by atoms with E-state index in [2.05, 4.69) is 12.2 Å². The van der Waals surface area contributed by atoms with Crippen LogP contribution in [0.5, 0.6) is 0 Å². The Hall–Kier alpha value is -0.120. The third-order valence-electron chi connectivity index (χ3n) is 1.70. The Bertz CT molecular complexity index is 85.5. The molecule has 0 aromatic rings. The average Bonchev–Trinajstić information content (AvgIpc) is 1.79. The summed E-state index contributed by atoms with van der Waals surface area (Å²) in [5.74, 6) is 0. The quantitative estimate of drug-likeness (QED) is 0.532. The van der Waals surface area contributed by atoms with Crippen molar-refractivity contribution in [2.24, 2.45) is 5.73 Å². The standard InChI is InChI=1S/C6H14N2O/c1-2-8-6(3-7)4-9-5-6/h8H,2-5,7H2,1H3. The predicted molar refractivity (Wildman–Crippen MR) is 36.3 cm³/mol. The number of rotatable bonds is 3. The first-order valence-corrected chi connectivity index (χ1v) is 3.36. The minimum absolute atomic E-state index is 0.120. The third kappa shape index (κ3) is 1.23. The van der Waals surface area contributed by atoms with Crippen molar-refractivity contribution in [3.05, 3.63) is 0 Å². The van der Waals surface area contributed by atoms with Gasteiger partial charge >= 0.3 is 0 Å². The molecule has 9 heavy (non-hydrogen) atoms. The minimum atomic E-state index is 0.120. The Morgan fingerprint density at radius 3 is 2.44 bits per heavy atom. The van der Waals surface area contributed by atoms with Gasteiger partial charge in [0.25, 0.3) is 0 Å². The molecule has 1 rings (SSSR count). The van der Waals surface area contributed by atoms with Gasteiger partial charge < -0.3 is 15.8 Å². The molecule has 0 aromatic heterocycles. The van der Waals surface area contributed by atoms with E-state index in [1.165, 1.54) is 0 Å². The van der Waals surface area contributed by atoms with E-state index in [1.807, 2.05) is 0 Å². The van der Waals surface area contributed by atoms with Gasteiger partial charge in [0.15, 0.2) is 0 Å². The molecule has 0 radical (unpaired) electrons. The molecule has 3 heteroatoms. The number of hydrogen-bond donors (Lipinski definition) is 2. The van der Waals surface area contributed by atoms with Crippen molar-refractivity contribution in [3.63, 3.8) is 0 Å². The van der Waals surface area contributed by atoms with Gasteiger partial charge in [-0.05, 0) is 6.54 Å². The van der Waals surface area contributed by atoms with Gasteiger partial charge in [-0.1, -0.05) is 6.92 Å². The van der Waals surface area contributed by atoms with Gasteiger partial charge in [0.2, 0.25) is 0 Å². The van der Waals surface area contributed by atoms with E-state index in [-0.39, 0.29) is 5.54 Å². The molecule has 1 aliphatic heterocycles. The van der Waals surface area contributed by atoms with Crippen LogP contribution < -0.4 is 11.1 Å². The average molecular weight is 130 g/mol. The fraction of sp³-hybridized carbons (Fsp3) is 1.00. The van der Waals surface area contributed by atoms with E-state index in [4.69, 9.17) is 10.5 Å². The summed E-state index contributed by atoms with van der Waals surface area (Å²) < 4.78 is 5.04. The molecule has 3 N–H and O–H groups in total. The van der Waals surface area contributed by atoms with Crippen LogP contribution in [0.2, 0.25) is 0 Å². The lowest BCUT2D eigenvalue weighted by Crippen LogP contribution is -2.64. The van der Waals surface area contributed by atoms with Crippen LogP contribution in [-0.4, -0.2) is 31.8 Å². The first-order chi connectivity index (χ1) is 4.33. The van der Waals surface area contributed by atoms with Crippen LogP contribution in [0.25, 0.3) is 0 Å². The van der Waals surface area contributed by atoms with Crippen LogP contribution in [0.15, 0.2) is 0 Å². The molecule has 3 nitrogen and oxygen atoms in total. The number of nitrogens with one attached hydrogen (secondary N) is 1. The van der Waals surface area contributed by atoms with Crippen LogP contribution in [0.4, 0.5) is 0 Å². The Morgan fingerprint density at radius 2 is 2.33 bits per heavy atom. The van der Waals surface area contributed by atoms with Crippen molar-refractivity contribution in [3.8, 4) is 0 Å². The highest BCUT2D eigenvalue weighted by Crippen LogP contribution is 2.13. The number of ether oxygens (including phenoxy) is 1. The minimum Gasteiger partial charge on any atom is -0.377 e. The van der Waals surface area contributed by atoms with Gasteiger partial charge in [0.05, 0.1) is 18.8 Å². The van der Waals surface area contributed by atoms with Crippen molar-refractivity contribution in [2.45, 2.75) is 12.5 Å². The summed E-state index contributed by atoms with van der Waals surface area (Å²) in [4.78, 5) is 0. The van der Waals surface area contributed by atoms with Crippen molar-refractivity contribution in [1.82, 2.24) is 5.32 Å². The summed E-state index contributed by atoms with van der Waals surface area (Å²) >= 11 is 0. The van der Waals surface area contributed by atoms with Crippen LogP contribution in [-0.2, 0) is 4.74 Å².